The minimum Gasteiger partial charge on any atom is -0.459 e. The maximum atomic E-state index is 11.3. The standard InChI is InChI=1S/C9H19NO2/c1-6-10-7(2)8(11)12-9(3,4)5/h7,10H,6H2,1-5H3/t7-/m0/s1. The maximum absolute atomic E-state index is 11.3. The van der Waals surface area contributed by atoms with Crippen LogP contribution in [0, 0.1) is 0 Å². The van der Waals surface area contributed by atoms with Crippen LogP contribution in [0.2, 0.25) is 0 Å². The molecule has 1 atom stereocenters. The smallest absolute Gasteiger partial charge is 0.323 e. The van der Waals surface area contributed by atoms with Crippen molar-refractivity contribution in [1.29, 1.82) is 0 Å². The molecule has 3 heteroatoms. The molecular formula is C9H19NO2. The molecule has 1 N–H and O–H groups in total. The zero-order chi connectivity index (χ0) is 9.78. The van der Waals surface area contributed by atoms with E-state index in [2.05, 4.69) is 5.32 Å². The van der Waals surface area contributed by atoms with Gasteiger partial charge in [0, 0.05) is 0 Å². The second kappa shape index (κ2) is 4.45. The molecule has 0 aromatic heterocycles. The molecule has 0 saturated heterocycles. The van der Waals surface area contributed by atoms with Crippen LogP contribution >= 0.6 is 0 Å². The van der Waals surface area contributed by atoms with Gasteiger partial charge in [0.15, 0.2) is 0 Å². The molecular weight excluding hydrogens is 154 g/mol. The summed E-state index contributed by atoms with van der Waals surface area (Å²) in [6, 6.07) is -0.214. The lowest BCUT2D eigenvalue weighted by molar-refractivity contribution is -0.156. The predicted octanol–water partition coefficient (Wildman–Crippen LogP) is 1.33. The number of carbonyl (C=O) groups excluding carboxylic acids is 1. The summed E-state index contributed by atoms with van der Waals surface area (Å²) in [5.74, 6) is -0.190. The second-order valence-corrected chi connectivity index (χ2v) is 3.81. The predicted molar refractivity (Wildman–Crippen MR) is 49.0 cm³/mol. The molecule has 0 radical (unpaired) electrons. The molecule has 0 saturated carbocycles. The Bertz CT molecular complexity index is 149. The molecule has 0 rings (SSSR count). The summed E-state index contributed by atoms with van der Waals surface area (Å²) >= 11 is 0. The van der Waals surface area contributed by atoms with Crippen LogP contribution in [-0.2, 0) is 9.53 Å². The van der Waals surface area contributed by atoms with E-state index in [1.54, 1.807) is 6.92 Å². The van der Waals surface area contributed by atoms with Crippen molar-refractivity contribution in [2.45, 2.75) is 46.3 Å². The Morgan fingerprint density at radius 2 is 2.00 bits per heavy atom. The van der Waals surface area contributed by atoms with E-state index in [1.165, 1.54) is 0 Å². The largest absolute Gasteiger partial charge is 0.459 e. The molecule has 12 heavy (non-hydrogen) atoms. The SMILES string of the molecule is CCN[C@@H](C)C(=O)OC(C)(C)C. The summed E-state index contributed by atoms with van der Waals surface area (Å²) in [4.78, 5) is 11.3. The molecule has 0 fully saturated rings. The highest BCUT2D eigenvalue weighted by atomic mass is 16.6. The number of hydrogen-bond acceptors (Lipinski definition) is 3. The van der Waals surface area contributed by atoms with Gasteiger partial charge in [-0.25, -0.2) is 0 Å². The average molecular weight is 173 g/mol. The van der Waals surface area contributed by atoms with Gasteiger partial charge in [0.05, 0.1) is 0 Å². The first-order valence-corrected chi connectivity index (χ1v) is 4.33. The third kappa shape index (κ3) is 5.13. The van der Waals surface area contributed by atoms with Gasteiger partial charge in [-0.15, -0.1) is 0 Å². The van der Waals surface area contributed by atoms with Crippen molar-refractivity contribution in [3.8, 4) is 0 Å². The van der Waals surface area contributed by atoms with Crippen LogP contribution in [0.15, 0.2) is 0 Å². The topological polar surface area (TPSA) is 38.3 Å². The van der Waals surface area contributed by atoms with Crippen LogP contribution in [0.4, 0.5) is 0 Å². The molecule has 0 aromatic rings. The molecule has 0 amide bonds. The number of likely N-dealkylation sites (N-methyl/N-ethyl adjacent to an activating group) is 1. The number of esters is 1. The highest BCUT2D eigenvalue weighted by molar-refractivity contribution is 5.75. The highest BCUT2D eigenvalue weighted by Gasteiger charge is 2.20. The summed E-state index contributed by atoms with van der Waals surface area (Å²) in [6.45, 7) is 10.1. The molecule has 0 aliphatic rings. The van der Waals surface area contributed by atoms with Gasteiger partial charge < -0.3 is 10.1 Å². The van der Waals surface area contributed by atoms with Crippen molar-refractivity contribution in [1.82, 2.24) is 5.32 Å². The average Bonchev–Trinajstić information content (AvgIpc) is 1.84. The summed E-state index contributed by atoms with van der Waals surface area (Å²) < 4.78 is 5.15. The molecule has 0 spiro atoms. The minimum absolute atomic E-state index is 0.190. The molecule has 0 aliphatic heterocycles. The lowest BCUT2D eigenvalue weighted by atomic mass is 10.2. The number of nitrogens with one attached hydrogen (secondary N) is 1. The monoisotopic (exact) mass is 173 g/mol. The van der Waals surface area contributed by atoms with Crippen LogP contribution in [-0.4, -0.2) is 24.2 Å². The third-order valence-corrected chi connectivity index (χ3v) is 1.27. The fraction of sp³-hybridized carbons (Fsp3) is 0.889. The molecule has 72 valence electrons. The van der Waals surface area contributed by atoms with Crippen molar-refractivity contribution in [2.75, 3.05) is 6.54 Å². The summed E-state index contributed by atoms with van der Waals surface area (Å²) in [5, 5.41) is 2.99. The number of ether oxygens (including phenoxy) is 1. The first kappa shape index (κ1) is 11.4. The maximum Gasteiger partial charge on any atom is 0.323 e. The summed E-state index contributed by atoms with van der Waals surface area (Å²) in [5.41, 5.74) is -0.388. The van der Waals surface area contributed by atoms with Gasteiger partial charge in [0.1, 0.15) is 11.6 Å². The molecule has 0 aliphatic carbocycles. The van der Waals surface area contributed by atoms with E-state index in [9.17, 15) is 4.79 Å². The van der Waals surface area contributed by atoms with Crippen molar-refractivity contribution >= 4 is 5.97 Å². The Morgan fingerprint density at radius 1 is 1.50 bits per heavy atom. The quantitative estimate of drug-likeness (QED) is 0.654. The van der Waals surface area contributed by atoms with Crippen LogP contribution in [0.3, 0.4) is 0 Å². The Labute approximate surface area is 74.5 Å². The van der Waals surface area contributed by atoms with Gasteiger partial charge in [-0.3, -0.25) is 4.79 Å². The fourth-order valence-electron chi connectivity index (χ4n) is 0.780. The van der Waals surface area contributed by atoms with Crippen LogP contribution in [0.1, 0.15) is 34.6 Å². The lowest BCUT2D eigenvalue weighted by Gasteiger charge is -2.22. The first-order valence-electron chi connectivity index (χ1n) is 4.33. The first-order chi connectivity index (χ1) is 5.37. The van der Waals surface area contributed by atoms with E-state index in [0.717, 1.165) is 6.54 Å². The van der Waals surface area contributed by atoms with Crippen molar-refractivity contribution in [3.05, 3.63) is 0 Å². The van der Waals surface area contributed by atoms with E-state index < -0.39 is 0 Å². The lowest BCUT2D eigenvalue weighted by Crippen LogP contribution is -2.39. The summed E-state index contributed by atoms with van der Waals surface area (Å²) in [6.07, 6.45) is 0. The van der Waals surface area contributed by atoms with E-state index in [-0.39, 0.29) is 17.6 Å². The molecule has 0 heterocycles. The Morgan fingerprint density at radius 3 is 2.33 bits per heavy atom. The van der Waals surface area contributed by atoms with Gasteiger partial charge in [-0.05, 0) is 34.2 Å². The van der Waals surface area contributed by atoms with E-state index >= 15 is 0 Å². The second-order valence-electron chi connectivity index (χ2n) is 3.81. The van der Waals surface area contributed by atoms with E-state index in [1.807, 2.05) is 27.7 Å². The highest BCUT2D eigenvalue weighted by Crippen LogP contribution is 2.07. The molecule has 0 unspecified atom stereocenters. The van der Waals surface area contributed by atoms with Gasteiger partial charge in [0.2, 0.25) is 0 Å². The molecule has 0 bridgehead atoms. The number of hydrogen-bond donors (Lipinski definition) is 1. The van der Waals surface area contributed by atoms with Gasteiger partial charge in [-0.1, -0.05) is 6.92 Å². The van der Waals surface area contributed by atoms with Crippen molar-refractivity contribution in [3.63, 3.8) is 0 Å². The molecule has 0 aromatic carbocycles. The van der Waals surface area contributed by atoms with Gasteiger partial charge in [-0.2, -0.15) is 0 Å². The fourth-order valence-corrected chi connectivity index (χ4v) is 0.780. The summed E-state index contributed by atoms with van der Waals surface area (Å²) in [7, 11) is 0. The van der Waals surface area contributed by atoms with Crippen molar-refractivity contribution < 1.29 is 9.53 Å². The van der Waals surface area contributed by atoms with Crippen LogP contribution < -0.4 is 5.32 Å². The zero-order valence-corrected chi connectivity index (χ0v) is 8.60. The van der Waals surface area contributed by atoms with E-state index in [4.69, 9.17) is 4.74 Å². The Balaban J connectivity index is 3.87. The number of carbonyl (C=O) groups is 1. The minimum atomic E-state index is -0.388. The molecule has 3 nitrogen and oxygen atoms in total. The Kier molecular flexibility index (Phi) is 4.24. The van der Waals surface area contributed by atoms with Gasteiger partial charge >= 0.3 is 5.97 Å². The third-order valence-electron chi connectivity index (χ3n) is 1.27. The number of rotatable bonds is 3. The van der Waals surface area contributed by atoms with E-state index in [0.29, 0.717) is 0 Å². The Hall–Kier alpha value is -0.570. The van der Waals surface area contributed by atoms with Crippen molar-refractivity contribution in [2.24, 2.45) is 0 Å². The van der Waals surface area contributed by atoms with Gasteiger partial charge in [0.25, 0.3) is 0 Å². The van der Waals surface area contributed by atoms with Crippen LogP contribution in [0.25, 0.3) is 0 Å². The normalized spacial score (nSPS) is 14.1. The van der Waals surface area contributed by atoms with Crippen LogP contribution in [0.5, 0.6) is 0 Å². The zero-order valence-electron chi connectivity index (χ0n) is 8.60.